The number of hydrogen-bond acceptors (Lipinski definition) is 4. The van der Waals surface area contributed by atoms with Gasteiger partial charge in [0, 0.05) is 30.2 Å². The number of fused-ring (bicyclic) bond motifs is 1. The lowest BCUT2D eigenvalue weighted by atomic mass is 10.1. The van der Waals surface area contributed by atoms with E-state index in [2.05, 4.69) is 5.32 Å². The van der Waals surface area contributed by atoms with Crippen LogP contribution in [0.15, 0.2) is 39.5 Å². The van der Waals surface area contributed by atoms with Gasteiger partial charge in [-0.15, -0.1) is 0 Å². The third-order valence-corrected chi connectivity index (χ3v) is 3.70. The number of carbonyl (C=O) groups is 2. The molecule has 0 radical (unpaired) electrons. The van der Waals surface area contributed by atoms with Crippen LogP contribution in [0.2, 0.25) is 0 Å². The molecule has 0 bridgehead atoms. The molecule has 1 aromatic heterocycles. The molecular formula is C15H14N2O5. The minimum Gasteiger partial charge on any atom is -0.481 e. The van der Waals surface area contributed by atoms with Gasteiger partial charge in [0.05, 0.1) is 5.92 Å². The number of benzene rings is 1. The van der Waals surface area contributed by atoms with Gasteiger partial charge in [-0.2, -0.15) is 0 Å². The van der Waals surface area contributed by atoms with Gasteiger partial charge in [0.15, 0.2) is 0 Å². The summed E-state index contributed by atoms with van der Waals surface area (Å²) < 4.78 is 5.02. The fourth-order valence-electron chi connectivity index (χ4n) is 2.50. The van der Waals surface area contributed by atoms with Crippen LogP contribution in [0.25, 0.3) is 11.0 Å². The predicted octanol–water partition coefficient (Wildman–Crippen LogP) is 1.73. The van der Waals surface area contributed by atoms with Crippen LogP contribution in [0.1, 0.15) is 6.42 Å². The van der Waals surface area contributed by atoms with Crippen LogP contribution in [-0.4, -0.2) is 35.1 Å². The zero-order chi connectivity index (χ0) is 15.7. The highest BCUT2D eigenvalue weighted by Gasteiger charge is 2.30. The molecule has 2 aromatic rings. The summed E-state index contributed by atoms with van der Waals surface area (Å²) in [5.41, 5.74) is 0.573. The van der Waals surface area contributed by atoms with E-state index >= 15 is 0 Å². The smallest absolute Gasteiger partial charge is 0.336 e. The number of amides is 2. The van der Waals surface area contributed by atoms with Gasteiger partial charge >= 0.3 is 17.6 Å². The largest absolute Gasteiger partial charge is 0.481 e. The molecule has 0 spiro atoms. The van der Waals surface area contributed by atoms with Crippen LogP contribution in [0.4, 0.5) is 10.5 Å². The number of carboxylic acids is 1. The first kappa shape index (κ1) is 14.1. The molecular weight excluding hydrogens is 288 g/mol. The van der Waals surface area contributed by atoms with Crippen molar-refractivity contribution in [2.75, 3.05) is 18.4 Å². The minimum absolute atomic E-state index is 0.212. The second kappa shape index (κ2) is 5.51. The highest BCUT2D eigenvalue weighted by atomic mass is 16.4. The fraction of sp³-hybridized carbons (Fsp3) is 0.267. The van der Waals surface area contributed by atoms with Gasteiger partial charge in [-0.3, -0.25) is 4.79 Å². The first-order valence-electron chi connectivity index (χ1n) is 6.85. The number of urea groups is 1. The molecule has 7 heteroatoms. The van der Waals surface area contributed by atoms with Crippen LogP contribution < -0.4 is 10.9 Å². The third-order valence-electron chi connectivity index (χ3n) is 3.70. The molecule has 0 saturated carbocycles. The van der Waals surface area contributed by atoms with Crippen molar-refractivity contribution in [1.82, 2.24) is 4.90 Å². The normalized spacial score (nSPS) is 17.6. The number of carbonyl (C=O) groups excluding carboxylic acids is 1. The van der Waals surface area contributed by atoms with Crippen LogP contribution in [0.3, 0.4) is 0 Å². The summed E-state index contributed by atoms with van der Waals surface area (Å²) in [6.07, 6.45) is 0.464. The number of nitrogens with one attached hydrogen (secondary N) is 1. The van der Waals surface area contributed by atoms with Crippen LogP contribution in [0.5, 0.6) is 0 Å². The molecule has 1 aliphatic rings. The maximum atomic E-state index is 12.1. The average Bonchev–Trinajstić information content (AvgIpc) is 2.97. The molecule has 1 aliphatic heterocycles. The average molecular weight is 302 g/mol. The number of carboxylic acid groups (broad SMARTS) is 1. The Morgan fingerprint density at radius 3 is 2.82 bits per heavy atom. The van der Waals surface area contributed by atoms with E-state index in [4.69, 9.17) is 9.52 Å². The highest BCUT2D eigenvalue weighted by molar-refractivity contribution is 5.92. The Kier molecular flexibility index (Phi) is 3.54. The summed E-state index contributed by atoms with van der Waals surface area (Å²) in [5, 5.41) is 12.4. The number of rotatable bonds is 2. The lowest BCUT2D eigenvalue weighted by molar-refractivity contribution is -0.141. The van der Waals surface area contributed by atoms with Crippen molar-refractivity contribution < 1.29 is 19.1 Å². The van der Waals surface area contributed by atoms with Crippen LogP contribution in [0, 0.1) is 5.92 Å². The molecule has 22 heavy (non-hydrogen) atoms. The Labute approximate surface area is 125 Å². The SMILES string of the molecule is O=C(O)C1CCN(C(=O)Nc2ccc3oc(=O)ccc3c2)C1. The van der Waals surface area contributed by atoms with Crippen molar-refractivity contribution >= 4 is 28.7 Å². The zero-order valence-corrected chi connectivity index (χ0v) is 11.6. The van der Waals surface area contributed by atoms with E-state index in [9.17, 15) is 14.4 Å². The molecule has 1 fully saturated rings. The lowest BCUT2D eigenvalue weighted by Crippen LogP contribution is -2.33. The van der Waals surface area contributed by atoms with Crippen molar-refractivity contribution in [2.24, 2.45) is 5.92 Å². The molecule has 1 unspecified atom stereocenters. The van der Waals surface area contributed by atoms with E-state index in [1.54, 1.807) is 24.3 Å². The van der Waals surface area contributed by atoms with Crippen LogP contribution in [-0.2, 0) is 4.79 Å². The maximum absolute atomic E-state index is 12.1. The molecule has 0 aliphatic carbocycles. The van der Waals surface area contributed by atoms with Crippen molar-refractivity contribution in [3.63, 3.8) is 0 Å². The topological polar surface area (TPSA) is 99.8 Å². The lowest BCUT2D eigenvalue weighted by Gasteiger charge is -2.16. The standard InChI is InChI=1S/C15H14N2O5/c18-13-4-1-9-7-11(2-3-12(9)22-13)16-15(21)17-6-5-10(8-17)14(19)20/h1-4,7,10H,5-6,8H2,(H,16,21)(H,19,20). The van der Waals surface area contributed by atoms with E-state index in [0.29, 0.717) is 29.6 Å². The summed E-state index contributed by atoms with van der Waals surface area (Å²) in [6, 6.07) is 7.53. The first-order chi connectivity index (χ1) is 10.5. The molecule has 2 heterocycles. The molecule has 1 aromatic carbocycles. The van der Waals surface area contributed by atoms with Gasteiger partial charge < -0.3 is 19.7 Å². The highest BCUT2D eigenvalue weighted by Crippen LogP contribution is 2.20. The molecule has 2 amide bonds. The molecule has 2 N–H and O–H groups in total. The molecule has 7 nitrogen and oxygen atoms in total. The number of anilines is 1. The molecule has 114 valence electrons. The summed E-state index contributed by atoms with van der Waals surface area (Å²) >= 11 is 0. The monoisotopic (exact) mass is 302 g/mol. The Balaban J connectivity index is 1.73. The Bertz CT molecular complexity index is 798. The fourth-order valence-corrected chi connectivity index (χ4v) is 2.50. The Morgan fingerprint density at radius 2 is 2.09 bits per heavy atom. The van der Waals surface area contributed by atoms with Crippen molar-refractivity contribution in [1.29, 1.82) is 0 Å². The van der Waals surface area contributed by atoms with E-state index in [1.165, 1.54) is 11.0 Å². The summed E-state index contributed by atoms with van der Waals surface area (Å²) in [6.45, 7) is 0.634. The second-order valence-electron chi connectivity index (χ2n) is 5.21. The summed E-state index contributed by atoms with van der Waals surface area (Å²) in [5.74, 6) is -1.38. The number of hydrogen-bond donors (Lipinski definition) is 2. The Morgan fingerprint density at radius 1 is 1.27 bits per heavy atom. The molecule has 1 atom stereocenters. The molecule has 1 saturated heterocycles. The summed E-state index contributed by atoms with van der Waals surface area (Å²) in [7, 11) is 0. The minimum atomic E-state index is -0.879. The van der Waals surface area contributed by atoms with Crippen molar-refractivity contribution in [3.8, 4) is 0 Å². The number of aliphatic carboxylic acids is 1. The summed E-state index contributed by atoms with van der Waals surface area (Å²) in [4.78, 5) is 35.6. The van der Waals surface area contributed by atoms with Gasteiger partial charge in [0.2, 0.25) is 0 Å². The third kappa shape index (κ3) is 2.78. The van der Waals surface area contributed by atoms with E-state index < -0.39 is 17.5 Å². The van der Waals surface area contributed by atoms with Crippen molar-refractivity contribution in [3.05, 3.63) is 40.8 Å². The van der Waals surface area contributed by atoms with Crippen molar-refractivity contribution in [2.45, 2.75) is 6.42 Å². The zero-order valence-electron chi connectivity index (χ0n) is 11.6. The van der Waals surface area contributed by atoms with Gasteiger partial charge in [-0.25, -0.2) is 9.59 Å². The van der Waals surface area contributed by atoms with Gasteiger partial charge in [0.25, 0.3) is 0 Å². The maximum Gasteiger partial charge on any atom is 0.336 e. The van der Waals surface area contributed by atoms with Gasteiger partial charge in [0.1, 0.15) is 5.58 Å². The quantitative estimate of drug-likeness (QED) is 0.823. The molecule has 3 rings (SSSR count). The van der Waals surface area contributed by atoms with Gasteiger partial charge in [-0.05, 0) is 30.7 Å². The van der Waals surface area contributed by atoms with Gasteiger partial charge in [-0.1, -0.05) is 0 Å². The van der Waals surface area contributed by atoms with Crippen LogP contribution >= 0.6 is 0 Å². The Hall–Kier alpha value is -2.83. The van der Waals surface area contributed by atoms with E-state index in [0.717, 1.165) is 0 Å². The van der Waals surface area contributed by atoms with E-state index in [-0.39, 0.29) is 12.6 Å². The first-order valence-corrected chi connectivity index (χ1v) is 6.85. The second-order valence-corrected chi connectivity index (χ2v) is 5.21. The predicted molar refractivity (Wildman–Crippen MR) is 78.8 cm³/mol. The number of likely N-dealkylation sites (tertiary alicyclic amines) is 1. The van der Waals surface area contributed by atoms with E-state index in [1.807, 2.05) is 0 Å². The number of nitrogens with zero attached hydrogens (tertiary/aromatic N) is 1.